The summed E-state index contributed by atoms with van der Waals surface area (Å²) >= 11 is 0. The summed E-state index contributed by atoms with van der Waals surface area (Å²) < 4.78 is 5.81. The molecule has 1 heterocycles. The molecule has 2 rings (SSSR count). The maximum atomic E-state index is 5.81. The highest BCUT2D eigenvalue weighted by Gasteiger charge is 2.34. The number of piperidine rings is 1. The quantitative estimate of drug-likeness (QED) is 0.795. The van der Waals surface area contributed by atoms with Crippen LogP contribution in [0.15, 0.2) is 0 Å². The number of rotatable bonds is 5. The van der Waals surface area contributed by atoms with E-state index >= 15 is 0 Å². The van der Waals surface area contributed by atoms with E-state index in [9.17, 15) is 0 Å². The molecule has 3 atom stereocenters. The van der Waals surface area contributed by atoms with E-state index in [-0.39, 0.29) is 0 Å². The van der Waals surface area contributed by atoms with Gasteiger partial charge in [0.15, 0.2) is 0 Å². The Morgan fingerprint density at radius 3 is 2.82 bits per heavy atom. The van der Waals surface area contributed by atoms with E-state index in [4.69, 9.17) is 4.74 Å². The molecule has 2 fully saturated rings. The maximum Gasteiger partial charge on any atom is 0.0702 e. The van der Waals surface area contributed by atoms with E-state index in [0.29, 0.717) is 6.10 Å². The highest BCUT2D eigenvalue weighted by molar-refractivity contribution is 4.92. The van der Waals surface area contributed by atoms with E-state index in [1.807, 2.05) is 0 Å². The van der Waals surface area contributed by atoms with Crippen LogP contribution in [0.4, 0.5) is 0 Å². The normalized spacial score (nSPS) is 35.3. The second-order valence-corrected chi connectivity index (χ2v) is 5.38. The van der Waals surface area contributed by atoms with Gasteiger partial charge in [-0.25, -0.2) is 0 Å². The smallest absolute Gasteiger partial charge is 0.0702 e. The number of hydrogen-bond acceptors (Lipinski definition) is 3. The fraction of sp³-hybridized carbons (Fsp3) is 1.00. The molecule has 1 N–H and O–H groups in total. The lowest BCUT2D eigenvalue weighted by atomic mass is 10.0. The van der Waals surface area contributed by atoms with Crippen molar-refractivity contribution in [3.05, 3.63) is 0 Å². The van der Waals surface area contributed by atoms with Gasteiger partial charge in [0.25, 0.3) is 0 Å². The largest absolute Gasteiger partial charge is 0.377 e. The second kappa shape index (κ2) is 6.72. The molecule has 0 aromatic heterocycles. The third-order valence-corrected chi connectivity index (χ3v) is 4.23. The molecule has 0 aromatic rings. The Morgan fingerprint density at radius 2 is 2.06 bits per heavy atom. The summed E-state index contributed by atoms with van der Waals surface area (Å²) in [6.45, 7) is 8.71. The first-order valence-corrected chi connectivity index (χ1v) is 7.44. The molecule has 1 saturated heterocycles. The molecule has 100 valence electrons. The van der Waals surface area contributed by atoms with Crippen LogP contribution in [0.1, 0.15) is 46.0 Å². The Kier molecular flexibility index (Phi) is 5.26. The first-order valence-electron chi connectivity index (χ1n) is 7.44. The van der Waals surface area contributed by atoms with Crippen LogP contribution in [0.25, 0.3) is 0 Å². The van der Waals surface area contributed by atoms with Crippen LogP contribution in [0, 0.1) is 0 Å². The van der Waals surface area contributed by atoms with Crippen molar-refractivity contribution in [3.8, 4) is 0 Å². The predicted molar refractivity (Wildman–Crippen MR) is 71.3 cm³/mol. The molecular weight excluding hydrogens is 212 g/mol. The molecule has 0 amide bonds. The van der Waals surface area contributed by atoms with E-state index in [0.717, 1.165) is 31.8 Å². The fourth-order valence-corrected chi connectivity index (χ4v) is 3.52. The average molecular weight is 240 g/mol. The van der Waals surface area contributed by atoms with Gasteiger partial charge in [0, 0.05) is 25.2 Å². The van der Waals surface area contributed by atoms with Crippen LogP contribution in [-0.2, 0) is 4.74 Å². The Bertz CT molecular complexity index is 220. The molecule has 17 heavy (non-hydrogen) atoms. The molecule has 1 aliphatic heterocycles. The van der Waals surface area contributed by atoms with E-state index < -0.39 is 0 Å². The molecular formula is C14H28N2O. The minimum Gasteiger partial charge on any atom is -0.377 e. The Balaban J connectivity index is 1.87. The van der Waals surface area contributed by atoms with Gasteiger partial charge in [-0.15, -0.1) is 0 Å². The van der Waals surface area contributed by atoms with E-state index in [1.54, 1.807) is 0 Å². The monoisotopic (exact) mass is 240 g/mol. The zero-order valence-electron chi connectivity index (χ0n) is 11.5. The summed E-state index contributed by atoms with van der Waals surface area (Å²) in [7, 11) is 0. The SMILES string of the molecule is CCNC1CCCC1N1CCCC(OCC)C1. The van der Waals surface area contributed by atoms with Crippen molar-refractivity contribution in [2.24, 2.45) is 0 Å². The van der Waals surface area contributed by atoms with Crippen molar-refractivity contribution < 1.29 is 4.74 Å². The zero-order valence-corrected chi connectivity index (χ0v) is 11.5. The lowest BCUT2D eigenvalue weighted by Gasteiger charge is -2.39. The molecule has 0 spiro atoms. The lowest BCUT2D eigenvalue weighted by Crippen LogP contribution is -2.51. The molecule has 2 aliphatic rings. The number of likely N-dealkylation sites (N-methyl/N-ethyl adjacent to an activating group) is 1. The van der Waals surface area contributed by atoms with Crippen molar-refractivity contribution in [2.45, 2.75) is 64.1 Å². The second-order valence-electron chi connectivity index (χ2n) is 5.38. The van der Waals surface area contributed by atoms with Crippen LogP contribution in [0.5, 0.6) is 0 Å². The Morgan fingerprint density at radius 1 is 1.18 bits per heavy atom. The molecule has 1 saturated carbocycles. The summed E-state index contributed by atoms with van der Waals surface area (Å²) in [5, 5.41) is 3.66. The van der Waals surface area contributed by atoms with Gasteiger partial charge < -0.3 is 10.1 Å². The number of likely N-dealkylation sites (tertiary alicyclic amines) is 1. The molecule has 1 aliphatic carbocycles. The van der Waals surface area contributed by atoms with Gasteiger partial charge in [0.1, 0.15) is 0 Å². The highest BCUT2D eigenvalue weighted by Crippen LogP contribution is 2.27. The van der Waals surface area contributed by atoms with Gasteiger partial charge in [-0.3, -0.25) is 4.90 Å². The third kappa shape index (κ3) is 3.43. The Labute approximate surface area is 106 Å². The van der Waals surface area contributed by atoms with Crippen LogP contribution >= 0.6 is 0 Å². The molecule has 0 bridgehead atoms. The van der Waals surface area contributed by atoms with Crippen LogP contribution in [0.3, 0.4) is 0 Å². The zero-order chi connectivity index (χ0) is 12.1. The van der Waals surface area contributed by atoms with Gasteiger partial charge in [0.2, 0.25) is 0 Å². The van der Waals surface area contributed by atoms with Crippen molar-refractivity contribution in [1.29, 1.82) is 0 Å². The van der Waals surface area contributed by atoms with E-state index in [1.165, 1.54) is 38.6 Å². The van der Waals surface area contributed by atoms with Gasteiger partial charge >= 0.3 is 0 Å². The van der Waals surface area contributed by atoms with Crippen LogP contribution in [0.2, 0.25) is 0 Å². The molecule has 0 aromatic carbocycles. The number of hydrogen-bond donors (Lipinski definition) is 1. The van der Waals surface area contributed by atoms with Crippen molar-refractivity contribution in [1.82, 2.24) is 10.2 Å². The maximum absolute atomic E-state index is 5.81. The topological polar surface area (TPSA) is 24.5 Å². The summed E-state index contributed by atoms with van der Waals surface area (Å²) in [6.07, 6.45) is 7.16. The molecule has 0 radical (unpaired) electrons. The first-order chi connectivity index (χ1) is 8.35. The molecule has 3 heteroatoms. The van der Waals surface area contributed by atoms with Gasteiger partial charge in [-0.1, -0.05) is 13.3 Å². The number of ether oxygens (including phenoxy) is 1. The molecule has 3 unspecified atom stereocenters. The number of nitrogens with one attached hydrogen (secondary N) is 1. The van der Waals surface area contributed by atoms with Gasteiger partial charge in [-0.2, -0.15) is 0 Å². The lowest BCUT2D eigenvalue weighted by molar-refractivity contribution is -0.00978. The van der Waals surface area contributed by atoms with Gasteiger partial charge in [-0.05, 0) is 45.7 Å². The Hall–Kier alpha value is -0.120. The number of nitrogens with zero attached hydrogens (tertiary/aromatic N) is 1. The highest BCUT2D eigenvalue weighted by atomic mass is 16.5. The van der Waals surface area contributed by atoms with Crippen molar-refractivity contribution in [2.75, 3.05) is 26.2 Å². The standard InChI is InChI=1S/C14H28N2O/c1-3-15-13-8-5-9-14(13)16-10-6-7-12(11-16)17-4-2/h12-15H,3-11H2,1-2H3. The van der Waals surface area contributed by atoms with Crippen molar-refractivity contribution in [3.63, 3.8) is 0 Å². The van der Waals surface area contributed by atoms with Gasteiger partial charge in [0.05, 0.1) is 6.10 Å². The minimum atomic E-state index is 0.483. The van der Waals surface area contributed by atoms with Crippen LogP contribution in [-0.4, -0.2) is 49.3 Å². The predicted octanol–water partition coefficient (Wildman–Crippen LogP) is 2.02. The van der Waals surface area contributed by atoms with Crippen molar-refractivity contribution >= 4 is 0 Å². The fourth-order valence-electron chi connectivity index (χ4n) is 3.52. The summed E-state index contributed by atoms with van der Waals surface area (Å²) in [5.74, 6) is 0. The van der Waals surface area contributed by atoms with Crippen LogP contribution < -0.4 is 5.32 Å². The average Bonchev–Trinajstić information content (AvgIpc) is 2.79. The minimum absolute atomic E-state index is 0.483. The summed E-state index contributed by atoms with van der Waals surface area (Å²) in [6, 6.07) is 1.48. The van der Waals surface area contributed by atoms with E-state index in [2.05, 4.69) is 24.1 Å². The third-order valence-electron chi connectivity index (χ3n) is 4.23. The summed E-state index contributed by atoms with van der Waals surface area (Å²) in [5.41, 5.74) is 0. The first kappa shape index (κ1) is 13.3. The molecule has 3 nitrogen and oxygen atoms in total. The summed E-state index contributed by atoms with van der Waals surface area (Å²) in [4.78, 5) is 2.68.